The Labute approximate surface area is 543 Å². The monoisotopic (exact) mass is 1280 g/mol. The molecule has 1 aromatic rings. The van der Waals surface area contributed by atoms with Crippen molar-refractivity contribution in [3.63, 3.8) is 0 Å². The summed E-state index contributed by atoms with van der Waals surface area (Å²) in [7, 11) is 9.92. The first-order chi connectivity index (χ1) is 42.2. The van der Waals surface area contributed by atoms with Crippen LogP contribution >= 0.6 is 0 Å². The molecule has 0 bridgehead atoms. The van der Waals surface area contributed by atoms with Crippen LogP contribution in [0.3, 0.4) is 0 Å². The van der Waals surface area contributed by atoms with E-state index in [1.807, 2.05) is 61.5 Å². The highest BCUT2D eigenvalue weighted by Crippen LogP contribution is 2.26. The third kappa shape index (κ3) is 24.5. The molecule has 11 amide bonds. The second-order valence-corrected chi connectivity index (χ2v) is 27.0. The molecule has 0 unspecified atom stereocenters. The van der Waals surface area contributed by atoms with Crippen molar-refractivity contribution in [2.75, 3.05) is 55.9 Å². The topological polar surface area (TPSA) is 305 Å². The lowest BCUT2D eigenvalue weighted by Crippen LogP contribution is -2.63. The Morgan fingerprint density at radius 2 is 0.923 bits per heavy atom. The zero-order chi connectivity index (χ0) is 70.2. The van der Waals surface area contributed by atoms with Crippen molar-refractivity contribution >= 4 is 65.0 Å². The zero-order valence-corrected chi connectivity index (χ0v) is 59.3. The fraction of sp³-hybridized carbons (Fsp3) is 0.742. The minimum atomic E-state index is -1.61. The highest BCUT2D eigenvalue weighted by Gasteiger charge is 2.45. The Balaban J connectivity index is 0.00000648. The molecule has 0 aromatic carbocycles. The van der Waals surface area contributed by atoms with Crippen molar-refractivity contribution in [2.24, 2.45) is 41.4 Å². The van der Waals surface area contributed by atoms with E-state index in [4.69, 9.17) is 0 Å². The predicted octanol–water partition coefficient (Wildman–Crippen LogP) is 3.75. The Morgan fingerprint density at radius 1 is 0.495 bits per heavy atom. The Bertz CT molecular complexity index is 2560. The van der Waals surface area contributed by atoms with E-state index in [0.29, 0.717) is 6.42 Å². The molecule has 0 spiro atoms. The van der Waals surface area contributed by atoms with Crippen molar-refractivity contribution in [3.8, 4) is 0 Å². The molecule has 1 aliphatic rings. The van der Waals surface area contributed by atoms with Crippen LogP contribution in [0, 0.1) is 41.4 Å². The molecule has 91 heavy (non-hydrogen) atoms. The molecule has 0 saturated carbocycles. The van der Waals surface area contributed by atoms with Gasteiger partial charge in [0.25, 0.3) is 0 Å². The summed E-state index contributed by atoms with van der Waals surface area (Å²) in [4.78, 5) is 176. The van der Waals surface area contributed by atoms with Gasteiger partial charge in [0.2, 0.25) is 65.0 Å². The van der Waals surface area contributed by atoms with E-state index >= 15 is 9.59 Å². The summed E-state index contributed by atoms with van der Waals surface area (Å²) in [5, 5.41) is 23.1. The van der Waals surface area contributed by atoms with Crippen molar-refractivity contribution in [2.45, 2.75) is 223 Å². The SMILES string of the molecule is C/C=C/C[C@@H](C)[C@@H](O)[C@H]1C(=O)N[C@@H](CC)C(=O)N(C)CC(=O)N(C)[C@@H](CC(C)C)C(=O)N[C@@H](C(C)C)C(=O)N(C)[C@@H](CC(C)C)C(=O)N[C@@H](C)C(=O)N[C@H](C)C(=O)N(C)[C@@H](CC(C)C)C(=O)N(C)[C@@H](CC(C)C)C(=O)N(C)[C@@H](C(C)C)C(=O)N1C.c1cncnc1. The fourth-order valence-corrected chi connectivity index (χ4v) is 10.9. The van der Waals surface area contributed by atoms with Gasteiger partial charge in [-0.15, -0.1) is 0 Å². The lowest BCUT2D eigenvalue weighted by molar-refractivity contribution is -0.157. The minimum absolute atomic E-state index is 0.0229. The second-order valence-electron chi connectivity index (χ2n) is 27.0. The van der Waals surface area contributed by atoms with E-state index in [0.717, 1.165) is 9.80 Å². The van der Waals surface area contributed by atoms with Crippen LogP contribution < -0.4 is 21.3 Å². The van der Waals surface area contributed by atoms with Gasteiger partial charge in [0, 0.05) is 61.7 Å². The molecule has 25 nitrogen and oxygen atoms in total. The molecule has 1 fully saturated rings. The molecular weight excluding hydrogens is 1170 g/mol. The van der Waals surface area contributed by atoms with Crippen LogP contribution in [0.2, 0.25) is 0 Å². The fourth-order valence-electron chi connectivity index (χ4n) is 10.9. The molecule has 516 valence electrons. The van der Waals surface area contributed by atoms with Crippen LogP contribution in [0.1, 0.15) is 156 Å². The number of amides is 11. The van der Waals surface area contributed by atoms with Crippen LogP contribution in [0.25, 0.3) is 0 Å². The normalized spacial score (nSPS) is 25.7. The molecule has 2 rings (SSSR count). The van der Waals surface area contributed by atoms with Gasteiger partial charge in [-0.1, -0.05) is 109 Å². The smallest absolute Gasteiger partial charge is 0.246 e. The van der Waals surface area contributed by atoms with Gasteiger partial charge in [0.15, 0.2) is 0 Å². The first kappa shape index (κ1) is 82.0. The zero-order valence-electron chi connectivity index (χ0n) is 59.3. The van der Waals surface area contributed by atoms with Crippen molar-refractivity contribution < 1.29 is 57.8 Å². The summed E-state index contributed by atoms with van der Waals surface area (Å²) in [6.45, 7) is 29.3. The number of likely N-dealkylation sites (N-methyl/N-ethyl adjacent to an activating group) is 7. The van der Waals surface area contributed by atoms with Gasteiger partial charge < -0.3 is 60.7 Å². The predicted molar refractivity (Wildman–Crippen MR) is 350 cm³/mol. The summed E-state index contributed by atoms with van der Waals surface area (Å²) < 4.78 is 0. The van der Waals surface area contributed by atoms with Gasteiger partial charge in [0.1, 0.15) is 66.7 Å². The molecule has 1 aliphatic heterocycles. The summed E-state index contributed by atoms with van der Waals surface area (Å²) in [6.07, 6.45) is 7.92. The lowest BCUT2D eigenvalue weighted by Gasteiger charge is -2.41. The molecule has 1 saturated heterocycles. The summed E-state index contributed by atoms with van der Waals surface area (Å²) in [5.41, 5.74) is 0. The van der Waals surface area contributed by atoms with Gasteiger partial charge >= 0.3 is 0 Å². The third-order valence-electron chi connectivity index (χ3n) is 16.6. The van der Waals surface area contributed by atoms with Crippen molar-refractivity contribution in [3.05, 3.63) is 36.9 Å². The van der Waals surface area contributed by atoms with E-state index in [1.54, 1.807) is 73.0 Å². The molecule has 1 aromatic heterocycles. The highest BCUT2D eigenvalue weighted by molar-refractivity contribution is 5.99. The van der Waals surface area contributed by atoms with Gasteiger partial charge in [-0.3, -0.25) is 52.7 Å². The molecule has 12 atom stereocenters. The Morgan fingerprint density at radius 3 is 1.35 bits per heavy atom. The Kier molecular flexibility index (Phi) is 34.9. The van der Waals surface area contributed by atoms with Crippen LogP contribution in [0.15, 0.2) is 36.9 Å². The number of hydrogen-bond donors (Lipinski definition) is 5. The number of aliphatic hydroxyl groups excluding tert-OH is 1. The van der Waals surface area contributed by atoms with Gasteiger partial charge in [0.05, 0.1) is 12.6 Å². The number of aliphatic hydroxyl groups is 1. The van der Waals surface area contributed by atoms with Crippen LogP contribution in [-0.2, 0) is 52.7 Å². The van der Waals surface area contributed by atoms with E-state index in [2.05, 4.69) is 31.2 Å². The number of carbonyl (C=O) groups excluding carboxylic acids is 11. The first-order valence-corrected chi connectivity index (χ1v) is 32.3. The number of aromatic nitrogens is 2. The number of carbonyl (C=O) groups is 11. The van der Waals surface area contributed by atoms with Gasteiger partial charge in [-0.25, -0.2) is 9.97 Å². The maximum atomic E-state index is 15.1. The van der Waals surface area contributed by atoms with Gasteiger partial charge in [-0.05, 0) is 107 Å². The summed E-state index contributed by atoms with van der Waals surface area (Å²) in [6, 6.07) is -10.5. The highest BCUT2D eigenvalue weighted by atomic mass is 16.3. The average molecular weight is 1280 g/mol. The number of hydrogen-bond acceptors (Lipinski definition) is 14. The molecule has 25 heteroatoms. The van der Waals surface area contributed by atoms with Gasteiger partial charge in [-0.2, -0.15) is 0 Å². The third-order valence-corrected chi connectivity index (χ3v) is 16.6. The van der Waals surface area contributed by atoms with Crippen LogP contribution in [0.4, 0.5) is 0 Å². The number of nitrogens with zero attached hydrogens (tertiary/aromatic N) is 9. The summed E-state index contributed by atoms with van der Waals surface area (Å²) >= 11 is 0. The molecular formula is C66H115N13O12. The number of nitrogens with one attached hydrogen (secondary N) is 4. The lowest BCUT2D eigenvalue weighted by atomic mass is 9.91. The van der Waals surface area contributed by atoms with E-state index in [1.165, 1.54) is 94.0 Å². The maximum Gasteiger partial charge on any atom is 0.246 e. The quantitative estimate of drug-likeness (QED) is 0.156. The van der Waals surface area contributed by atoms with Crippen LogP contribution in [-0.4, -0.2) is 237 Å². The first-order valence-electron chi connectivity index (χ1n) is 32.3. The molecule has 2 heterocycles. The minimum Gasteiger partial charge on any atom is -0.390 e. The second kappa shape index (κ2) is 38.7. The molecule has 0 aliphatic carbocycles. The number of rotatable bonds is 15. The maximum absolute atomic E-state index is 15.1. The van der Waals surface area contributed by atoms with E-state index < -0.39 is 156 Å². The standard InChI is InChI=1S/C62H111N11O12.C4H4N2/c1-25-27-28-40(15)52(75)51-56(79)65-43(26-2)58(81)67(18)33-48(74)68(19)44(29-34(3)4)55(78)66-49(38(11)12)61(84)69(20)45(30-35(5)6)54(77)63-41(16)53(76)64-42(17)57(80)70(21)46(31-36(7)8)59(82)71(22)47(32-37(9)10)60(83)72(23)50(39(13)14)62(85)73(51)24;1-2-5-4-6-3-1/h25,27,34-47,49-52,75H,26,28-33H2,1-24H3,(H,63,77)(H,64,76)(H,65,79)(H,66,78);1-4H/b27-25+;/t40-,41+,42-,43+,44+,45+,46+,47+,49+,50+,51+,52-;/m1./s1. The molecule has 0 radical (unpaired) electrons. The van der Waals surface area contributed by atoms with Crippen molar-refractivity contribution in [1.82, 2.24) is 65.5 Å². The van der Waals surface area contributed by atoms with E-state index in [-0.39, 0.29) is 55.8 Å². The average Bonchev–Trinajstić information content (AvgIpc) is 0.995. The van der Waals surface area contributed by atoms with E-state index in [9.17, 15) is 48.3 Å². The van der Waals surface area contributed by atoms with Crippen LogP contribution in [0.5, 0.6) is 0 Å². The Hall–Kier alpha value is -7.05. The van der Waals surface area contributed by atoms with Crippen molar-refractivity contribution in [1.29, 1.82) is 0 Å². The number of allylic oxidation sites excluding steroid dienone is 2. The summed E-state index contributed by atoms with van der Waals surface area (Å²) in [5.74, 6) is -9.71. The largest absolute Gasteiger partial charge is 0.390 e. The molecule has 5 N–H and O–H groups in total.